The lowest BCUT2D eigenvalue weighted by Crippen LogP contribution is -2.30. The van der Waals surface area contributed by atoms with E-state index >= 15 is 0 Å². The summed E-state index contributed by atoms with van der Waals surface area (Å²) >= 11 is 1.72. The molecule has 2 N–H and O–H groups in total. The van der Waals surface area contributed by atoms with E-state index < -0.39 is 0 Å². The van der Waals surface area contributed by atoms with Gasteiger partial charge in [0.25, 0.3) is 0 Å². The largest absolute Gasteiger partial charge is 0.504 e. The molecule has 1 heterocycles. The van der Waals surface area contributed by atoms with Crippen molar-refractivity contribution < 1.29 is 14.9 Å². The molecule has 0 saturated carbocycles. The molecule has 4 nitrogen and oxygen atoms in total. The van der Waals surface area contributed by atoms with Gasteiger partial charge in [0.05, 0.1) is 10.7 Å². The highest BCUT2D eigenvalue weighted by molar-refractivity contribution is 8.04. The number of phenols is 2. The minimum Gasteiger partial charge on any atom is -0.504 e. The van der Waals surface area contributed by atoms with Gasteiger partial charge in [0.1, 0.15) is 6.23 Å². The van der Waals surface area contributed by atoms with Gasteiger partial charge in [-0.15, -0.1) is 0 Å². The molecule has 0 saturated heterocycles. The van der Waals surface area contributed by atoms with Crippen LogP contribution in [0, 0.1) is 0 Å². The van der Waals surface area contributed by atoms with Crippen LogP contribution in [0.5, 0.6) is 11.5 Å². The highest BCUT2D eigenvalue weighted by atomic mass is 32.2. The number of benzene rings is 3. The van der Waals surface area contributed by atoms with E-state index in [0.29, 0.717) is 0 Å². The predicted molar refractivity (Wildman–Crippen MR) is 116 cm³/mol. The molecule has 0 bridgehead atoms. The number of aromatic hydroxyl groups is 2. The lowest BCUT2D eigenvalue weighted by Gasteiger charge is -2.26. The van der Waals surface area contributed by atoms with Crippen molar-refractivity contribution in [3.63, 3.8) is 0 Å². The average molecular weight is 391 g/mol. The van der Waals surface area contributed by atoms with Gasteiger partial charge in [-0.05, 0) is 47.5 Å². The number of allylic oxidation sites excluding steroid dienone is 2. The van der Waals surface area contributed by atoms with Crippen LogP contribution < -0.4 is 4.90 Å². The second-order valence-electron chi connectivity index (χ2n) is 6.55. The molecule has 0 aliphatic carbocycles. The van der Waals surface area contributed by atoms with Gasteiger partial charge in [-0.25, -0.2) is 0 Å². The molecule has 142 valence electrons. The van der Waals surface area contributed by atoms with E-state index in [1.807, 2.05) is 25.2 Å². The Morgan fingerprint density at radius 2 is 1.86 bits per heavy atom. The molecule has 4 rings (SSSR count). The van der Waals surface area contributed by atoms with Gasteiger partial charge in [-0.3, -0.25) is 0 Å². The van der Waals surface area contributed by atoms with Gasteiger partial charge < -0.3 is 19.8 Å². The van der Waals surface area contributed by atoms with E-state index in [4.69, 9.17) is 4.74 Å². The average Bonchev–Trinajstić information content (AvgIpc) is 3.09. The topological polar surface area (TPSA) is 52.9 Å². The standard InChI is InChI=1S/C23H21NO3S/c1-15(27-2)24-19-12-11-17-7-3-4-8-18(17)23(19)28-22(24)9-5-6-16-10-13-20(25)21(26)14-16/h3-15,25-26H,1-2H3/b6-5+,22-9-. The molecule has 0 aromatic heterocycles. The third kappa shape index (κ3) is 3.35. The summed E-state index contributed by atoms with van der Waals surface area (Å²) in [6, 6.07) is 17.4. The molecule has 3 aromatic rings. The molecule has 1 unspecified atom stereocenters. The molecule has 28 heavy (non-hydrogen) atoms. The predicted octanol–water partition coefficient (Wildman–Crippen LogP) is 5.71. The van der Waals surface area contributed by atoms with Gasteiger partial charge >= 0.3 is 0 Å². The van der Waals surface area contributed by atoms with E-state index in [1.54, 1.807) is 24.9 Å². The molecular formula is C23H21NO3S. The first-order valence-electron chi connectivity index (χ1n) is 9.00. The van der Waals surface area contributed by atoms with Crippen molar-refractivity contribution >= 4 is 34.3 Å². The number of methoxy groups -OCH3 is 1. The number of hydrogen-bond acceptors (Lipinski definition) is 5. The Kier molecular flexibility index (Phi) is 5.03. The Morgan fingerprint density at radius 3 is 2.64 bits per heavy atom. The third-order valence-corrected chi connectivity index (χ3v) is 5.97. The molecule has 0 amide bonds. The van der Waals surface area contributed by atoms with Crippen LogP contribution in [-0.4, -0.2) is 23.6 Å². The van der Waals surface area contributed by atoms with Crippen LogP contribution in [0.1, 0.15) is 12.5 Å². The fourth-order valence-electron chi connectivity index (χ4n) is 3.28. The summed E-state index contributed by atoms with van der Waals surface area (Å²) in [7, 11) is 1.71. The summed E-state index contributed by atoms with van der Waals surface area (Å²) in [5, 5.41) is 22.6. The lowest BCUT2D eigenvalue weighted by molar-refractivity contribution is 0.122. The molecule has 0 fully saturated rings. The Bertz CT molecular complexity index is 1090. The zero-order valence-corrected chi connectivity index (χ0v) is 16.5. The smallest absolute Gasteiger partial charge is 0.157 e. The highest BCUT2D eigenvalue weighted by Gasteiger charge is 2.30. The fourth-order valence-corrected chi connectivity index (χ4v) is 4.55. The quantitative estimate of drug-likeness (QED) is 0.558. The van der Waals surface area contributed by atoms with Crippen LogP contribution in [0.4, 0.5) is 5.69 Å². The monoisotopic (exact) mass is 391 g/mol. The van der Waals surface area contributed by atoms with Crippen LogP contribution in [-0.2, 0) is 4.74 Å². The van der Waals surface area contributed by atoms with Gasteiger partial charge in [0.2, 0.25) is 0 Å². The number of hydrogen-bond donors (Lipinski definition) is 2. The Morgan fingerprint density at radius 1 is 1.04 bits per heavy atom. The highest BCUT2D eigenvalue weighted by Crippen LogP contribution is 2.50. The van der Waals surface area contributed by atoms with Gasteiger partial charge in [-0.1, -0.05) is 60.3 Å². The zero-order valence-electron chi connectivity index (χ0n) is 15.7. The summed E-state index contributed by atoms with van der Waals surface area (Å²) in [6.07, 6.45) is 5.77. The molecule has 1 aliphatic heterocycles. The number of anilines is 1. The maximum absolute atomic E-state index is 9.65. The van der Waals surface area contributed by atoms with Crippen LogP contribution in [0.15, 0.2) is 76.7 Å². The van der Waals surface area contributed by atoms with Crippen molar-refractivity contribution in [3.8, 4) is 11.5 Å². The molecule has 0 radical (unpaired) electrons. The second kappa shape index (κ2) is 7.62. The first kappa shape index (κ1) is 18.5. The number of rotatable bonds is 4. The Hall–Kier alpha value is -2.89. The number of ether oxygens (including phenoxy) is 1. The molecule has 1 aliphatic rings. The molecular weight excluding hydrogens is 370 g/mol. The van der Waals surface area contributed by atoms with Crippen molar-refractivity contribution in [2.75, 3.05) is 12.0 Å². The lowest BCUT2D eigenvalue weighted by atomic mass is 10.1. The number of fused-ring (bicyclic) bond motifs is 3. The van der Waals surface area contributed by atoms with Crippen LogP contribution in [0.2, 0.25) is 0 Å². The summed E-state index contributed by atoms with van der Waals surface area (Å²) in [4.78, 5) is 3.41. The van der Waals surface area contributed by atoms with Gasteiger partial charge in [-0.2, -0.15) is 0 Å². The number of nitrogens with zero attached hydrogens (tertiary/aromatic N) is 1. The molecule has 0 spiro atoms. The minimum atomic E-state index is -0.126. The van der Waals surface area contributed by atoms with Crippen LogP contribution in [0.25, 0.3) is 16.8 Å². The minimum absolute atomic E-state index is 0.104. The Balaban J connectivity index is 1.71. The third-order valence-electron chi connectivity index (χ3n) is 4.79. The SMILES string of the molecule is COC(C)N1/C(=C/C=C/c2ccc(O)c(O)c2)Sc2c1ccc1ccccc21. The summed E-state index contributed by atoms with van der Waals surface area (Å²) in [5.74, 6) is -0.247. The van der Waals surface area contributed by atoms with Crippen molar-refractivity contribution in [2.24, 2.45) is 0 Å². The van der Waals surface area contributed by atoms with Crippen LogP contribution >= 0.6 is 11.8 Å². The van der Waals surface area contributed by atoms with Crippen molar-refractivity contribution in [2.45, 2.75) is 18.0 Å². The first-order valence-corrected chi connectivity index (χ1v) is 9.82. The zero-order chi connectivity index (χ0) is 19.7. The van der Waals surface area contributed by atoms with Gasteiger partial charge in [0, 0.05) is 12.0 Å². The maximum Gasteiger partial charge on any atom is 0.157 e. The van der Waals surface area contributed by atoms with Crippen molar-refractivity contribution in [1.29, 1.82) is 0 Å². The molecule has 1 atom stereocenters. The second-order valence-corrected chi connectivity index (χ2v) is 7.58. The summed E-state index contributed by atoms with van der Waals surface area (Å²) < 4.78 is 5.61. The van der Waals surface area contributed by atoms with Crippen molar-refractivity contribution in [1.82, 2.24) is 0 Å². The molecule has 5 heteroatoms. The van der Waals surface area contributed by atoms with E-state index in [-0.39, 0.29) is 17.7 Å². The summed E-state index contributed by atoms with van der Waals surface area (Å²) in [6.45, 7) is 2.03. The van der Waals surface area contributed by atoms with E-state index in [9.17, 15) is 10.2 Å². The van der Waals surface area contributed by atoms with E-state index in [0.717, 1.165) is 16.3 Å². The van der Waals surface area contributed by atoms with E-state index in [1.165, 1.54) is 27.8 Å². The Labute approximate surface area is 168 Å². The number of phenolic OH excluding ortho intramolecular Hbond substituents is 2. The molecule has 3 aromatic carbocycles. The van der Waals surface area contributed by atoms with Gasteiger partial charge in [0.15, 0.2) is 11.5 Å². The van der Waals surface area contributed by atoms with E-state index in [2.05, 4.69) is 41.3 Å². The first-order chi connectivity index (χ1) is 13.6. The number of thioether (sulfide) groups is 1. The normalized spacial score (nSPS) is 16.2. The maximum atomic E-state index is 9.65. The van der Waals surface area contributed by atoms with Crippen molar-refractivity contribution in [3.05, 3.63) is 77.3 Å². The summed E-state index contributed by atoms with van der Waals surface area (Å²) in [5.41, 5.74) is 1.95. The fraction of sp³-hybridized carbons (Fsp3) is 0.130. The van der Waals surface area contributed by atoms with Crippen LogP contribution in [0.3, 0.4) is 0 Å².